The summed E-state index contributed by atoms with van der Waals surface area (Å²) in [5.74, 6) is -1.49. The molecule has 1 aromatic heterocycles. The van der Waals surface area contributed by atoms with Crippen LogP contribution in [0.2, 0.25) is 0 Å². The van der Waals surface area contributed by atoms with Gasteiger partial charge >= 0.3 is 0 Å². The molecule has 2 rings (SSSR count). The smallest absolute Gasteiger partial charge is 0.248 e. The molecule has 15 heavy (non-hydrogen) atoms. The van der Waals surface area contributed by atoms with Crippen LogP contribution in [-0.4, -0.2) is 4.98 Å². The number of hydrogen-bond donors (Lipinski definition) is 2. The Balaban J connectivity index is 2.96. The van der Waals surface area contributed by atoms with Gasteiger partial charge in [0.25, 0.3) is 0 Å². The lowest BCUT2D eigenvalue weighted by Gasteiger charge is -2.04. The quantitative estimate of drug-likeness (QED) is 0.744. The molecular formula is C10H8F2N2O. The van der Waals surface area contributed by atoms with Crippen LogP contribution >= 0.6 is 0 Å². The van der Waals surface area contributed by atoms with Gasteiger partial charge in [0.2, 0.25) is 5.56 Å². The maximum absolute atomic E-state index is 13.3. The summed E-state index contributed by atoms with van der Waals surface area (Å²) in [6, 6.07) is 3.11. The fourth-order valence-corrected chi connectivity index (χ4v) is 1.52. The highest BCUT2D eigenvalue weighted by Gasteiger charge is 2.08. The number of hydrogen-bond acceptors (Lipinski definition) is 2. The monoisotopic (exact) mass is 210 g/mol. The van der Waals surface area contributed by atoms with Gasteiger partial charge in [-0.3, -0.25) is 4.79 Å². The highest BCUT2D eigenvalue weighted by Crippen LogP contribution is 2.19. The molecule has 0 saturated carbocycles. The lowest BCUT2D eigenvalue weighted by molar-refractivity contribution is 0.590. The number of pyridine rings is 1. The largest absolute Gasteiger partial charge is 0.326 e. The number of H-pyrrole nitrogens is 1. The Morgan fingerprint density at radius 2 is 2.00 bits per heavy atom. The summed E-state index contributed by atoms with van der Waals surface area (Å²) in [5.41, 5.74) is 5.35. The van der Waals surface area contributed by atoms with Crippen molar-refractivity contribution in [2.45, 2.75) is 6.54 Å². The van der Waals surface area contributed by atoms with Crippen molar-refractivity contribution in [3.63, 3.8) is 0 Å². The minimum absolute atomic E-state index is 0.00986. The van der Waals surface area contributed by atoms with Gasteiger partial charge in [0, 0.05) is 24.1 Å². The molecule has 0 fully saturated rings. The molecule has 0 saturated heterocycles. The predicted octanol–water partition coefficient (Wildman–Crippen LogP) is 1.26. The van der Waals surface area contributed by atoms with Crippen molar-refractivity contribution in [3.8, 4) is 0 Å². The molecule has 0 aliphatic carbocycles. The normalized spacial score (nSPS) is 10.9. The Morgan fingerprint density at radius 3 is 2.67 bits per heavy atom. The van der Waals surface area contributed by atoms with Crippen molar-refractivity contribution < 1.29 is 8.78 Å². The van der Waals surface area contributed by atoms with Crippen molar-refractivity contribution >= 4 is 10.9 Å². The van der Waals surface area contributed by atoms with E-state index in [9.17, 15) is 13.6 Å². The zero-order valence-electron chi connectivity index (χ0n) is 7.68. The Morgan fingerprint density at radius 1 is 1.27 bits per heavy atom. The average Bonchev–Trinajstić information content (AvgIpc) is 2.18. The lowest BCUT2D eigenvalue weighted by Crippen LogP contribution is -2.10. The number of nitrogens with two attached hydrogens (primary N) is 1. The number of aromatic nitrogens is 1. The molecular weight excluding hydrogens is 202 g/mol. The topological polar surface area (TPSA) is 58.9 Å². The van der Waals surface area contributed by atoms with Crippen LogP contribution in [0.25, 0.3) is 10.9 Å². The zero-order valence-corrected chi connectivity index (χ0v) is 7.68. The molecule has 5 heteroatoms. The second-order valence-electron chi connectivity index (χ2n) is 3.17. The fraction of sp³-hybridized carbons (Fsp3) is 0.100. The molecule has 1 aromatic carbocycles. The molecule has 0 aliphatic heterocycles. The average molecular weight is 210 g/mol. The van der Waals surface area contributed by atoms with Crippen LogP contribution in [0.15, 0.2) is 23.0 Å². The fourth-order valence-electron chi connectivity index (χ4n) is 1.52. The minimum Gasteiger partial charge on any atom is -0.326 e. The molecule has 1 heterocycles. The van der Waals surface area contributed by atoms with Gasteiger partial charge in [-0.2, -0.15) is 0 Å². The number of aromatic amines is 1. The second-order valence-corrected chi connectivity index (χ2v) is 3.17. The van der Waals surface area contributed by atoms with Crippen LogP contribution in [0, 0.1) is 11.6 Å². The molecule has 0 atom stereocenters. The van der Waals surface area contributed by atoms with Crippen LogP contribution in [0.3, 0.4) is 0 Å². The molecule has 0 aliphatic rings. The third-order valence-electron chi connectivity index (χ3n) is 2.17. The maximum Gasteiger partial charge on any atom is 0.248 e. The lowest BCUT2D eigenvalue weighted by atomic mass is 10.1. The molecule has 2 aromatic rings. The standard InChI is InChI=1S/C10H8F2N2O/c11-6-2-7-5(4-13)1-9(15)14-10(7)8(12)3-6/h1-3H,4,13H2,(H,14,15). The SMILES string of the molecule is NCc1cc(=O)[nH]c2c(F)cc(F)cc12. The maximum atomic E-state index is 13.3. The van der Waals surface area contributed by atoms with Gasteiger partial charge in [-0.1, -0.05) is 0 Å². The number of rotatable bonds is 1. The van der Waals surface area contributed by atoms with E-state index in [1.54, 1.807) is 0 Å². The van der Waals surface area contributed by atoms with E-state index in [1.807, 2.05) is 0 Å². The molecule has 3 N–H and O–H groups in total. The van der Waals surface area contributed by atoms with Crippen molar-refractivity contribution in [3.05, 3.63) is 45.8 Å². The Bertz CT molecular complexity index is 577. The summed E-state index contributed by atoms with van der Waals surface area (Å²) in [6.45, 7) is 0.0588. The van der Waals surface area contributed by atoms with Gasteiger partial charge in [0.1, 0.15) is 11.6 Å². The van der Waals surface area contributed by atoms with Crippen molar-refractivity contribution in [1.82, 2.24) is 4.98 Å². The van der Waals surface area contributed by atoms with E-state index < -0.39 is 17.2 Å². The zero-order chi connectivity index (χ0) is 11.0. The van der Waals surface area contributed by atoms with E-state index in [0.29, 0.717) is 10.9 Å². The van der Waals surface area contributed by atoms with Gasteiger partial charge in [-0.05, 0) is 11.6 Å². The first-order valence-corrected chi connectivity index (χ1v) is 4.33. The van der Waals surface area contributed by atoms with Gasteiger partial charge in [0.15, 0.2) is 0 Å². The van der Waals surface area contributed by atoms with E-state index in [1.165, 1.54) is 6.07 Å². The van der Waals surface area contributed by atoms with Gasteiger partial charge < -0.3 is 10.7 Å². The van der Waals surface area contributed by atoms with Crippen LogP contribution in [0.1, 0.15) is 5.56 Å². The molecule has 3 nitrogen and oxygen atoms in total. The van der Waals surface area contributed by atoms with Crippen LogP contribution < -0.4 is 11.3 Å². The third-order valence-corrected chi connectivity index (χ3v) is 2.17. The Hall–Kier alpha value is -1.75. The molecule has 0 spiro atoms. The third kappa shape index (κ3) is 1.61. The number of fused-ring (bicyclic) bond motifs is 1. The van der Waals surface area contributed by atoms with Gasteiger partial charge in [0.05, 0.1) is 5.52 Å². The van der Waals surface area contributed by atoms with Gasteiger partial charge in [-0.25, -0.2) is 8.78 Å². The van der Waals surface area contributed by atoms with Crippen molar-refractivity contribution in [2.75, 3.05) is 0 Å². The Kier molecular flexibility index (Phi) is 2.24. The number of benzene rings is 1. The van der Waals surface area contributed by atoms with Crippen molar-refractivity contribution in [1.29, 1.82) is 0 Å². The molecule has 0 unspecified atom stereocenters. The first-order chi connectivity index (χ1) is 7.11. The van der Waals surface area contributed by atoms with Crippen LogP contribution in [0.4, 0.5) is 8.78 Å². The summed E-state index contributed by atoms with van der Waals surface area (Å²) >= 11 is 0. The summed E-state index contributed by atoms with van der Waals surface area (Å²) in [4.78, 5) is 13.4. The van der Waals surface area contributed by atoms with E-state index in [0.717, 1.165) is 12.1 Å². The Labute approximate surface area is 83.5 Å². The highest BCUT2D eigenvalue weighted by molar-refractivity contribution is 5.82. The van der Waals surface area contributed by atoms with Crippen LogP contribution in [-0.2, 0) is 6.54 Å². The first-order valence-electron chi connectivity index (χ1n) is 4.33. The second kappa shape index (κ2) is 3.43. The predicted molar refractivity (Wildman–Crippen MR) is 52.4 cm³/mol. The van der Waals surface area contributed by atoms with Crippen LogP contribution in [0.5, 0.6) is 0 Å². The summed E-state index contributed by atoms with van der Waals surface area (Å²) < 4.78 is 26.2. The molecule has 0 bridgehead atoms. The van der Waals surface area contributed by atoms with E-state index in [4.69, 9.17) is 5.73 Å². The van der Waals surface area contributed by atoms with Gasteiger partial charge in [-0.15, -0.1) is 0 Å². The summed E-state index contributed by atoms with van der Waals surface area (Å²) in [7, 11) is 0. The number of halogens is 2. The van der Waals surface area contributed by atoms with E-state index >= 15 is 0 Å². The van der Waals surface area contributed by atoms with E-state index in [-0.39, 0.29) is 12.1 Å². The molecule has 0 radical (unpaired) electrons. The van der Waals surface area contributed by atoms with Crippen molar-refractivity contribution in [2.24, 2.45) is 5.73 Å². The van der Waals surface area contributed by atoms with E-state index in [2.05, 4.69) is 4.98 Å². The summed E-state index contributed by atoms with van der Waals surface area (Å²) in [5, 5.41) is 0.301. The highest BCUT2D eigenvalue weighted by atomic mass is 19.1. The number of nitrogens with one attached hydrogen (secondary N) is 1. The summed E-state index contributed by atoms with van der Waals surface area (Å²) in [6.07, 6.45) is 0. The minimum atomic E-state index is -0.794. The molecule has 78 valence electrons. The molecule has 0 amide bonds. The first kappa shape index (κ1) is 9.79.